The van der Waals surface area contributed by atoms with Crippen LogP contribution < -0.4 is 5.56 Å². The average Bonchev–Trinajstić information content (AvgIpc) is 3.57. The minimum Gasteiger partial charge on any atom is -0.345 e. The molecule has 0 radical (unpaired) electrons. The number of aromatic amines is 2. The van der Waals surface area contributed by atoms with Gasteiger partial charge in [-0.3, -0.25) is 24.4 Å². The molecule has 0 bridgehead atoms. The molecule has 0 unspecified atom stereocenters. The average molecular weight is 501 g/mol. The fraction of sp³-hybridized carbons (Fsp3) is 0.308. The van der Waals surface area contributed by atoms with Crippen molar-refractivity contribution in [1.82, 2.24) is 38.9 Å². The lowest BCUT2D eigenvalue weighted by Crippen LogP contribution is -2.45. The third-order valence-corrected chi connectivity index (χ3v) is 7.51. The third-order valence-electron chi connectivity index (χ3n) is 7.51. The second-order valence-corrected chi connectivity index (χ2v) is 9.73. The largest absolute Gasteiger partial charge is 0.345 e. The number of rotatable bonds is 2. The number of H-pyrrole nitrogens is 2. The third kappa shape index (κ3) is 3.45. The van der Waals surface area contributed by atoms with E-state index in [1.807, 2.05) is 16.0 Å². The molecule has 37 heavy (non-hydrogen) atoms. The summed E-state index contributed by atoms with van der Waals surface area (Å²) in [4.78, 5) is 38.4. The minimum atomic E-state index is -0.380. The molecule has 2 aliphatic heterocycles. The fourth-order valence-corrected chi connectivity index (χ4v) is 5.78. The van der Waals surface area contributed by atoms with Gasteiger partial charge in [0.15, 0.2) is 5.65 Å². The number of urea groups is 1. The Balaban J connectivity index is 1.34. The number of nitrogens with one attached hydrogen (secondary N) is 2. The first-order valence-electron chi connectivity index (χ1n) is 12.5. The summed E-state index contributed by atoms with van der Waals surface area (Å²) in [6.07, 6.45) is 11.8. The summed E-state index contributed by atoms with van der Waals surface area (Å²) >= 11 is 0. The predicted octanol–water partition coefficient (Wildman–Crippen LogP) is 3.60. The maximum absolute atomic E-state index is 15.0. The first-order valence-corrected chi connectivity index (χ1v) is 12.5. The van der Waals surface area contributed by atoms with Gasteiger partial charge in [0, 0.05) is 62.3 Å². The Morgan fingerprint density at radius 2 is 1.86 bits per heavy atom. The molecule has 11 heteroatoms. The molecule has 2 N–H and O–H groups in total. The lowest BCUT2D eigenvalue weighted by Gasteiger charge is -2.32. The van der Waals surface area contributed by atoms with E-state index in [-0.39, 0.29) is 17.4 Å². The van der Waals surface area contributed by atoms with Gasteiger partial charge in [-0.2, -0.15) is 0 Å². The Kier molecular flexibility index (Phi) is 4.91. The number of halogens is 1. The lowest BCUT2D eigenvalue weighted by molar-refractivity contribution is 0.140. The number of hydrogen-bond donors (Lipinski definition) is 2. The van der Waals surface area contributed by atoms with E-state index in [1.54, 1.807) is 29.2 Å². The molecule has 0 atom stereocenters. The highest BCUT2D eigenvalue weighted by molar-refractivity contribution is 6.00. The van der Waals surface area contributed by atoms with Gasteiger partial charge >= 0.3 is 6.03 Å². The molecule has 0 saturated carbocycles. The molecule has 5 aromatic rings. The van der Waals surface area contributed by atoms with Crippen molar-refractivity contribution < 1.29 is 9.18 Å². The zero-order valence-electron chi connectivity index (χ0n) is 20.1. The Morgan fingerprint density at radius 1 is 1.00 bits per heavy atom. The summed E-state index contributed by atoms with van der Waals surface area (Å²) in [5, 5.41) is 6.40. The van der Waals surface area contributed by atoms with Crippen molar-refractivity contribution in [3.63, 3.8) is 0 Å². The molecule has 2 amide bonds. The zero-order valence-corrected chi connectivity index (χ0v) is 20.1. The number of aromatic nitrogens is 6. The summed E-state index contributed by atoms with van der Waals surface area (Å²) < 4.78 is 18.9. The lowest BCUT2D eigenvalue weighted by atomic mass is 10.0. The number of carbonyl (C=O) groups is 1. The van der Waals surface area contributed by atoms with Crippen LogP contribution in [0.25, 0.3) is 39.1 Å². The van der Waals surface area contributed by atoms with E-state index in [4.69, 9.17) is 0 Å². The number of fused-ring (bicyclic) bond motifs is 1. The van der Waals surface area contributed by atoms with Gasteiger partial charge in [-0.1, -0.05) is 0 Å². The van der Waals surface area contributed by atoms with Crippen LogP contribution in [-0.4, -0.2) is 64.6 Å². The number of carbonyl (C=O) groups excluding carboxylic acids is 1. The smallest absolute Gasteiger partial charge is 0.320 e. The first-order chi connectivity index (χ1) is 18.1. The van der Waals surface area contributed by atoms with Crippen molar-refractivity contribution in [3.05, 3.63) is 64.9 Å². The molecule has 6 heterocycles. The summed E-state index contributed by atoms with van der Waals surface area (Å²) in [7, 11) is 0. The number of amides is 2. The zero-order chi connectivity index (χ0) is 25.1. The van der Waals surface area contributed by atoms with Crippen molar-refractivity contribution in [1.29, 1.82) is 0 Å². The first kappa shape index (κ1) is 21.8. The van der Waals surface area contributed by atoms with Crippen LogP contribution in [0.2, 0.25) is 0 Å². The maximum Gasteiger partial charge on any atom is 0.320 e. The summed E-state index contributed by atoms with van der Waals surface area (Å²) in [5.74, 6) is -0.380. The second-order valence-electron chi connectivity index (χ2n) is 9.73. The van der Waals surface area contributed by atoms with Gasteiger partial charge < -0.3 is 14.4 Å². The van der Waals surface area contributed by atoms with Gasteiger partial charge in [0.1, 0.15) is 5.82 Å². The Morgan fingerprint density at radius 3 is 2.73 bits per heavy atom. The van der Waals surface area contributed by atoms with Crippen molar-refractivity contribution in [2.45, 2.75) is 32.4 Å². The summed E-state index contributed by atoms with van der Waals surface area (Å²) in [6, 6.07) is 3.03. The normalized spacial score (nSPS) is 16.0. The van der Waals surface area contributed by atoms with Crippen molar-refractivity contribution in [2.24, 2.45) is 0 Å². The number of hydrogen-bond acceptors (Lipinski definition) is 4. The molecule has 10 nitrogen and oxygen atoms in total. The molecule has 7 rings (SSSR count). The molecule has 1 aromatic carbocycles. The van der Waals surface area contributed by atoms with E-state index < -0.39 is 0 Å². The van der Waals surface area contributed by atoms with Crippen LogP contribution in [0, 0.1) is 5.82 Å². The summed E-state index contributed by atoms with van der Waals surface area (Å²) in [5.41, 5.74) is 4.25. The van der Waals surface area contributed by atoms with Gasteiger partial charge in [0.05, 0.1) is 34.9 Å². The van der Waals surface area contributed by atoms with Crippen LogP contribution in [0.15, 0.2) is 47.9 Å². The van der Waals surface area contributed by atoms with E-state index in [0.29, 0.717) is 53.2 Å². The van der Waals surface area contributed by atoms with E-state index in [9.17, 15) is 14.0 Å². The Hall–Kier alpha value is -4.41. The van der Waals surface area contributed by atoms with Crippen LogP contribution >= 0.6 is 0 Å². The molecule has 4 aromatic heterocycles. The predicted molar refractivity (Wildman–Crippen MR) is 136 cm³/mol. The van der Waals surface area contributed by atoms with Crippen LogP contribution in [-0.2, 0) is 13.1 Å². The number of likely N-dealkylation sites (tertiary alicyclic amines) is 1. The fourth-order valence-electron chi connectivity index (χ4n) is 5.78. The second kappa shape index (κ2) is 8.32. The van der Waals surface area contributed by atoms with E-state index in [2.05, 4.69) is 24.7 Å². The van der Waals surface area contributed by atoms with Gasteiger partial charge in [-0.05, 0) is 37.0 Å². The van der Waals surface area contributed by atoms with Crippen LogP contribution in [0.4, 0.5) is 9.18 Å². The molecule has 1 fully saturated rings. The highest BCUT2D eigenvalue weighted by atomic mass is 19.1. The Labute approximate surface area is 210 Å². The molecule has 0 spiro atoms. The SMILES string of the molecule is O=C(N1CCCCC1)N1CCn2cc(-c3[nH][nH]c(=O)c3-c3cnc4cnccn34)c3cc(F)cc(c32)C1. The number of benzene rings is 1. The quantitative estimate of drug-likeness (QED) is 0.386. The molecular formula is C26H25FN8O2. The number of piperidine rings is 1. The van der Waals surface area contributed by atoms with E-state index >= 15 is 0 Å². The van der Waals surface area contributed by atoms with Gasteiger partial charge in [0.25, 0.3) is 5.56 Å². The molecule has 1 saturated heterocycles. The molecule has 188 valence electrons. The van der Waals surface area contributed by atoms with Crippen molar-refractivity contribution >= 4 is 22.6 Å². The Bertz CT molecular complexity index is 1720. The van der Waals surface area contributed by atoms with E-state index in [0.717, 1.165) is 43.4 Å². The van der Waals surface area contributed by atoms with Gasteiger partial charge in [-0.25, -0.2) is 14.2 Å². The van der Waals surface area contributed by atoms with Gasteiger partial charge in [0.2, 0.25) is 0 Å². The topological polar surface area (TPSA) is 107 Å². The molecular weight excluding hydrogens is 475 g/mol. The monoisotopic (exact) mass is 500 g/mol. The number of nitrogens with zero attached hydrogens (tertiary/aromatic N) is 6. The molecule has 0 aliphatic carbocycles. The summed E-state index contributed by atoms with van der Waals surface area (Å²) in [6.45, 7) is 2.97. The van der Waals surface area contributed by atoms with Crippen molar-refractivity contribution in [3.8, 4) is 22.5 Å². The van der Waals surface area contributed by atoms with Gasteiger partial charge in [-0.15, -0.1) is 0 Å². The van der Waals surface area contributed by atoms with Crippen LogP contribution in [0.3, 0.4) is 0 Å². The maximum atomic E-state index is 15.0. The van der Waals surface area contributed by atoms with Crippen LogP contribution in [0.1, 0.15) is 24.8 Å². The minimum absolute atomic E-state index is 0.0161. The molecule has 2 aliphatic rings. The standard InChI is InChI=1S/C26H25FN8O2/c27-17-10-16-14-34(26(37)32-5-2-1-3-6-32)9-8-33-15-19(18(11-17)24(16)33)23-22(25(36)31-30-23)20-12-29-21-13-28-4-7-35(20)21/h4,7,10-13,15H,1-3,5-6,8-9,14H2,(H2,30,31,36). The van der Waals surface area contributed by atoms with Crippen molar-refractivity contribution in [2.75, 3.05) is 19.6 Å². The van der Waals surface area contributed by atoms with Crippen LogP contribution in [0.5, 0.6) is 0 Å². The van der Waals surface area contributed by atoms with E-state index in [1.165, 1.54) is 12.1 Å². The highest BCUT2D eigenvalue weighted by Gasteiger charge is 2.28. The highest BCUT2D eigenvalue weighted by Crippen LogP contribution is 2.37. The number of imidazole rings is 1.